The second-order valence-electron chi connectivity index (χ2n) is 7.40. The molecule has 1 aromatic carbocycles. The van der Waals surface area contributed by atoms with Crippen molar-refractivity contribution in [2.45, 2.75) is 52.5 Å². The molecule has 31 heavy (non-hydrogen) atoms. The average molecular weight is 425 g/mol. The fraction of sp³-hybridized carbons (Fsp3) is 0.417. The molecule has 1 heterocycles. The lowest BCUT2D eigenvalue weighted by Gasteiger charge is -2.21. The van der Waals surface area contributed by atoms with Gasteiger partial charge in [0.2, 0.25) is 11.8 Å². The zero-order valence-corrected chi connectivity index (χ0v) is 18.4. The Hall–Kier alpha value is -3.22. The van der Waals surface area contributed by atoms with Gasteiger partial charge in [-0.1, -0.05) is 26.0 Å². The molecule has 2 N–H and O–H groups in total. The Bertz CT molecular complexity index is 849. The van der Waals surface area contributed by atoms with Crippen LogP contribution >= 0.6 is 0 Å². The minimum absolute atomic E-state index is 0.0865. The average Bonchev–Trinajstić information content (AvgIpc) is 2.78. The number of rotatable bonds is 12. The van der Waals surface area contributed by atoms with Crippen molar-refractivity contribution in [2.75, 3.05) is 18.4 Å². The first-order chi connectivity index (χ1) is 15.0. The zero-order chi connectivity index (χ0) is 22.5. The summed E-state index contributed by atoms with van der Waals surface area (Å²) in [6.45, 7) is 6.02. The van der Waals surface area contributed by atoms with Crippen LogP contribution in [-0.2, 0) is 16.1 Å². The molecule has 0 radical (unpaired) electrons. The highest BCUT2D eigenvalue weighted by Crippen LogP contribution is 2.12. The Morgan fingerprint density at radius 1 is 0.968 bits per heavy atom. The van der Waals surface area contributed by atoms with E-state index in [1.54, 1.807) is 30.6 Å². The summed E-state index contributed by atoms with van der Waals surface area (Å²) in [5.74, 6) is -0.181. The molecule has 166 valence electrons. The van der Waals surface area contributed by atoms with Crippen LogP contribution in [0.3, 0.4) is 0 Å². The first-order valence-electron chi connectivity index (χ1n) is 10.9. The number of nitrogens with zero attached hydrogens (tertiary/aromatic N) is 2. The molecule has 0 saturated heterocycles. The van der Waals surface area contributed by atoms with Crippen molar-refractivity contribution in [3.05, 3.63) is 59.9 Å². The fourth-order valence-corrected chi connectivity index (χ4v) is 3.21. The normalized spacial score (nSPS) is 10.4. The van der Waals surface area contributed by atoms with Gasteiger partial charge < -0.3 is 15.5 Å². The summed E-state index contributed by atoms with van der Waals surface area (Å²) < 4.78 is 0. The van der Waals surface area contributed by atoms with Crippen LogP contribution in [0.1, 0.15) is 61.9 Å². The van der Waals surface area contributed by atoms with Gasteiger partial charge in [-0.15, -0.1) is 0 Å². The van der Waals surface area contributed by atoms with Crippen molar-refractivity contribution in [1.82, 2.24) is 15.2 Å². The third-order valence-electron chi connectivity index (χ3n) is 4.75. The Morgan fingerprint density at radius 2 is 1.68 bits per heavy atom. The maximum absolute atomic E-state index is 12.3. The molecule has 1 aromatic heterocycles. The molecule has 3 amide bonds. The largest absolute Gasteiger partial charge is 0.352 e. The van der Waals surface area contributed by atoms with E-state index in [0.29, 0.717) is 37.1 Å². The van der Waals surface area contributed by atoms with Gasteiger partial charge >= 0.3 is 0 Å². The van der Waals surface area contributed by atoms with Crippen LogP contribution in [0.5, 0.6) is 0 Å². The van der Waals surface area contributed by atoms with Gasteiger partial charge in [0.1, 0.15) is 0 Å². The number of benzene rings is 1. The van der Waals surface area contributed by atoms with E-state index in [2.05, 4.69) is 29.5 Å². The van der Waals surface area contributed by atoms with Crippen molar-refractivity contribution in [1.29, 1.82) is 0 Å². The van der Waals surface area contributed by atoms with Crippen LogP contribution in [0.4, 0.5) is 5.69 Å². The minimum Gasteiger partial charge on any atom is -0.352 e. The van der Waals surface area contributed by atoms with Crippen molar-refractivity contribution in [3.63, 3.8) is 0 Å². The molecule has 0 spiro atoms. The van der Waals surface area contributed by atoms with Crippen LogP contribution in [0, 0.1) is 0 Å². The van der Waals surface area contributed by atoms with Crippen molar-refractivity contribution >= 4 is 23.4 Å². The minimum atomic E-state index is -0.214. The van der Waals surface area contributed by atoms with E-state index in [1.165, 1.54) is 0 Å². The Morgan fingerprint density at radius 3 is 2.35 bits per heavy atom. The predicted molar refractivity (Wildman–Crippen MR) is 121 cm³/mol. The van der Waals surface area contributed by atoms with E-state index >= 15 is 0 Å². The molecule has 0 atom stereocenters. The van der Waals surface area contributed by atoms with Crippen molar-refractivity contribution in [2.24, 2.45) is 0 Å². The summed E-state index contributed by atoms with van der Waals surface area (Å²) >= 11 is 0. The molecule has 0 aliphatic carbocycles. The number of hydrogen-bond acceptors (Lipinski definition) is 4. The highest BCUT2D eigenvalue weighted by molar-refractivity contribution is 6.04. The van der Waals surface area contributed by atoms with Crippen LogP contribution in [0.25, 0.3) is 0 Å². The fourth-order valence-electron chi connectivity index (χ4n) is 3.21. The molecule has 0 fully saturated rings. The van der Waals surface area contributed by atoms with E-state index in [9.17, 15) is 14.4 Å². The van der Waals surface area contributed by atoms with Gasteiger partial charge in [-0.3, -0.25) is 19.4 Å². The van der Waals surface area contributed by atoms with Crippen LogP contribution < -0.4 is 10.6 Å². The lowest BCUT2D eigenvalue weighted by Crippen LogP contribution is -2.32. The number of carbonyl (C=O) groups excluding carboxylic acids is 3. The Kier molecular flexibility index (Phi) is 10.2. The molecule has 0 saturated carbocycles. The first-order valence-corrected chi connectivity index (χ1v) is 10.9. The summed E-state index contributed by atoms with van der Waals surface area (Å²) in [4.78, 5) is 42.5. The first kappa shape index (κ1) is 24.1. The molecule has 0 bridgehead atoms. The van der Waals surface area contributed by atoms with Crippen LogP contribution in [-0.4, -0.2) is 40.7 Å². The number of hydrogen-bond donors (Lipinski definition) is 2. The molecule has 0 aliphatic rings. The van der Waals surface area contributed by atoms with Gasteiger partial charge in [-0.25, -0.2) is 0 Å². The SMILES string of the molecule is CCCN(CCC)C(=O)CCCC(=O)NCc1cccc(NC(=O)c2ccncc2)c1. The third-order valence-corrected chi connectivity index (χ3v) is 4.75. The van der Waals surface area contributed by atoms with Gasteiger partial charge in [0.15, 0.2) is 0 Å². The molecule has 7 nitrogen and oxygen atoms in total. The van der Waals surface area contributed by atoms with Gasteiger partial charge in [0, 0.05) is 56.1 Å². The maximum Gasteiger partial charge on any atom is 0.255 e. The summed E-state index contributed by atoms with van der Waals surface area (Å²) in [5, 5.41) is 5.72. The maximum atomic E-state index is 12.3. The molecule has 2 aromatic rings. The van der Waals surface area contributed by atoms with Gasteiger partial charge in [0.05, 0.1) is 0 Å². The number of aromatic nitrogens is 1. The summed E-state index contributed by atoms with van der Waals surface area (Å²) in [5.41, 5.74) is 2.07. The zero-order valence-electron chi connectivity index (χ0n) is 18.4. The molecular formula is C24H32N4O3. The van der Waals surface area contributed by atoms with Crippen molar-refractivity contribution in [3.8, 4) is 0 Å². The quantitative estimate of drug-likeness (QED) is 0.543. The smallest absolute Gasteiger partial charge is 0.255 e. The van der Waals surface area contributed by atoms with E-state index in [1.807, 2.05) is 23.1 Å². The van der Waals surface area contributed by atoms with Crippen LogP contribution in [0.15, 0.2) is 48.8 Å². The van der Waals surface area contributed by atoms with Crippen LogP contribution in [0.2, 0.25) is 0 Å². The lowest BCUT2D eigenvalue weighted by atomic mass is 10.1. The molecule has 7 heteroatoms. The van der Waals surface area contributed by atoms with Gasteiger partial charge in [-0.2, -0.15) is 0 Å². The number of amides is 3. The van der Waals surface area contributed by atoms with E-state index in [-0.39, 0.29) is 17.7 Å². The highest BCUT2D eigenvalue weighted by Gasteiger charge is 2.12. The summed E-state index contributed by atoms with van der Waals surface area (Å²) in [6, 6.07) is 10.6. The highest BCUT2D eigenvalue weighted by atomic mass is 16.2. The number of anilines is 1. The molecule has 0 unspecified atom stereocenters. The topological polar surface area (TPSA) is 91.4 Å². The van der Waals surface area contributed by atoms with Gasteiger partial charge in [-0.05, 0) is 49.1 Å². The second kappa shape index (κ2) is 13.2. The number of nitrogens with one attached hydrogen (secondary N) is 2. The lowest BCUT2D eigenvalue weighted by molar-refractivity contribution is -0.131. The monoisotopic (exact) mass is 424 g/mol. The molecular weight excluding hydrogens is 392 g/mol. The second-order valence-corrected chi connectivity index (χ2v) is 7.40. The third kappa shape index (κ3) is 8.58. The van der Waals surface area contributed by atoms with E-state index in [0.717, 1.165) is 31.5 Å². The number of pyridine rings is 1. The molecule has 0 aliphatic heterocycles. The summed E-state index contributed by atoms with van der Waals surface area (Å²) in [7, 11) is 0. The van der Waals surface area contributed by atoms with Gasteiger partial charge in [0.25, 0.3) is 5.91 Å². The summed E-state index contributed by atoms with van der Waals surface area (Å²) in [6.07, 6.45) is 6.26. The predicted octanol–water partition coefficient (Wildman–Crippen LogP) is 3.77. The number of carbonyl (C=O) groups is 3. The van der Waals surface area contributed by atoms with E-state index in [4.69, 9.17) is 0 Å². The standard InChI is InChI=1S/C24H32N4O3/c1-3-15-28(16-4-2)23(30)10-6-9-22(29)26-18-19-7-5-8-21(17-19)27-24(31)20-11-13-25-14-12-20/h5,7-8,11-14,17H,3-4,6,9-10,15-16,18H2,1-2H3,(H,26,29)(H,27,31). The Labute approximate surface area is 184 Å². The van der Waals surface area contributed by atoms with E-state index < -0.39 is 0 Å². The Balaban J connectivity index is 1.76. The molecule has 2 rings (SSSR count). The van der Waals surface area contributed by atoms with Crippen molar-refractivity contribution < 1.29 is 14.4 Å².